The molecule has 0 saturated heterocycles. The van der Waals surface area contributed by atoms with Gasteiger partial charge in [0.2, 0.25) is 0 Å². The zero-order chi connectivity index (χ0) is 16.6. The Balaban J connectivity index is 2.25. The molecule has 3 rings (SSSR count). The number of carboxylic acid groups (broad SMARTS) is 1. The molecule has 0 unspecified atom stereocenters. The Hall–Kier alpha value is -2.40. The Labute approximate surface area is 138 Å². The van der Waals surface area contributed by atoms with E-state index in [-0.39, 0.29) is 11.4 Å². The first kappa shape index (κ1) is 15.5. The molecule has 1 heterocycles. The lowest BCUT2D eigenvalue weighted by Gasteiger charge is -2.11. The van der Waals surface area contributed by atoms with Crippen LogP contribution in [-0.2, 0) is 11.2 Å². The minimum Gasteiger partial charge on any atom is -0.481 e. The number of hydrogen-bond acceptors (Lipinski definition) is 2. The van der Waals surface area contributed by atoms with Crippen LogP contribution in [0.25, 0.3) is 22.2 Å². The smallest absolute Gasteiger partial charge is 0.307 e. The second-order valence-electron chi connectivity index (χ2n) is 5.39. The average Bonchev–Trinajstić information content (AvgIpc) is 2.49. The highest BCUT2D eigenvalue weighted by atomic mass is 35.5. The van der Waals surface area contributed by atoms with Crippen molar-refractivity contribution in [1.82, 2.24) is 4.98 Å². The monoisotopic (exact) mass is 327 g/mol. The topological polar surface area (TPSA) is 50.2 Å². The number of halogens is 2. The molecule has 0 saturated carbocycles. The molecular weight excluding hydrogens is 315 g/mol. The summed E-state index contributed by atoms with van der Waals surface area (Å²) < 4.78 is 13.4. The molecular formula is C17H12BClFNO2. The van der Waals surface area contributed by atoms with Gasteiger partial charge in [0.1, 0.15) is 13.7 Å². The van der Waals surface area contributed by atoms with Crippen molar-refractivity contribution < 1.29 is 14.3 Å². The second kappa shape index (κ2) is 6.01. The molecule has 0 fully saturated rings. The van der Waals surface area contributed by atoms with Gasteiger partial charge < -0.3 is 5.11 Å². The van der Waals surface area contributed by atoms with Crippen LogP contribution in [0.3, 0.4) is 0 Å². The van der Waals surface area contributed by atoms with Gasteiger partial charge >= 0.3 is 5.97 Å². The maximum absolute atomic E-state index is 13.4. The Bertz CT molecular complexity index is 930. The number of benzene rings is 2. The van der Waals surface area contributed by atoms with Gasteiger partial charge in [-0.15, -0.1) is 0 Å². The molecule has 0 radical (unpaired) electrons. The van der Waals surface area contributed by atoms with Crippen molar-refractivity contribution in [2.45, 2.75) is 6.42 Å². The SMILES string of the molecule is Bc1ccc2nc(-c3ccc(F)c(Cl)c3)c(CC(=O)O)cc2c1. The predicted octanol–water partition coefficient (Wildman–Crippen LogP) is 2.58. The molecule has 0 aliphatic heterocycles. The Morgan fingerprint density at radius 3 is 2.70 bits per heavy atom. The average molecular weight is 328 g/mol. The quantitative estimate of drug-likeness (QED) is 0.752. The van der Waals surface area contributed by atoms with Gasteiger partial charge in [0.05, 0.1) is 22.7 Å². The van der Waals surface area contributed by atoms with E-state index in [0.29, 0.717) is 16.8 Å². The van der Waals surface area contributed by atoms with E-state index in [9.17, 15) is 9.18 Å². The lowest BCUT2D eigenvalue weighted by Crippen LogP contribution is -2.05. The molecule has 0 amide bonds. The Kier molecular flexibility index (Phi) is 4.05. The lowest BCUT2D eigenvalue weighted by molar-refractivity contribution is -0.136. The summed E-state index contributed by atoms with van der Waals surface area (Å²) in [6, 6.07) is 11.9. The van der Waals surface area contributed by atoms with Crippen LogP contribution in [0.2, 0.25) is 5.02 Å². The van der Waals surface area contributed by atoms with Crippen LogP contribution in [0.4, 0.5) is 4.39 Å². The van der Waals surface area contributed by atoms with Crippen molar-refractivity contribution in [3.8, 4) is 11.3 Å². The number of carboxylic acids is 1. The second-order valence-corrected chi connectivity index (χ2v) is 5.80. The summed E-state index contributed by atoms with van der Waals surface area (Å²) in [6.07, 6.45) is -0.165. The zero-order valence-electron chi connectivity index (χ0n) is 12.3. The Morgan fingerprint density at radius 1 is 1.22 bits per heavy atom. The number of pyridine rings is 1. The molecule has 3 aromatic rings. The summed E-state index contributed by atoms with van der Waals surface area (Å²) in [5.41, 5.74) is 3.48. The third kappa shape index (κ3) is 3.20. The first-order valence-corrected chi connectivity index (χ1v) is 7.39. The minimum absolute atomic E-state index is 0.0189. The lowest BCUT2D eigenvalue weighted by atomic mass is 9.93. The fraction of sp³-hybridized carbons (Fsp3) is 0.0588. The number of aliphatic carboxylic acids is 1. The third-order valence-corrected chi connectivity index (χ3v) is 3.87. The van der Waals surface area contributed by atoms with Gasteiger partial charge in [0, 0.05) is 5.56 Å². The summed E-state index contributed by atoms with van der Waals surface area (Å²) in [5, 5.41) is 10.0. The summed E-state index contributed by atoms with van der Waals surface area (Å²) in [6.45, 7) is 0. The number of carbonyl (C=O) groups is 1. The van der Waals surface area contributed by atoms with Gasteiger partial charge in [-0.25, -0.2) is 9.37 Å². The van der Waals surface area contributed by atoms with Gasteiger partial charge in [0.25, 0.3) is 0 Å². The fourth-order valence-corrected chi connectivity index (χ4v) is 2.71. The van der Waals surface area contributed by atoms with E-state index in [4.69, 9.17) is 16.7 Å². The fourth-order valence-electron chi connectivity index (χ4n) is 2.53. The van der Waals surface area contributed by atoms with Crippen LogP contribution < -0.4 is 5.46 Å². The van der Waals surface area contributed by atoms with Gasteiger partial charge in [-0.3, -0.25) is 4.79 Å². The van der Waals surface area contributed by atoms with Crippen molar-refractivity contribution in [1.29, 1.82) is 0 Å². The van der Waals surface area contributed by atoms with Gasteiger partial charge in [-0.1, -0.05) is 29.2 Å². The van der Waals surface area contributed by atoms with E-state index in [1.807, 2.05) is 32.1 Å². The van der Waals surface area contributed by atoms with E-state index in [0.717, 1.165) is 16.4 Å². The molecule has 0 aliphatic carbocycles. The Morgan fingerprint density at radius 2 is 2.00 bits per heavy atom. The summed E-state index contributed by atoms with van der Waals surface area (Å²) >= 11 is 5.84. The van der Waals surface area contributed by atoms with E-state index in [1.54, 1.807) is 6.07 Å². The van der Waals surface area contributed by atoms with Crippen molar-refractivity contribution in [2.24, 2.45) is 0 Å². The van der Waals surface area contributed by atoms with E-state index in [2.05, 4.69) is 4.98 Å². The summed E-state index contributed by atoms with van der Waals surface area (Å²) in [4.78, 5) is 15.7. The number of nitrogens with zero attached hydrogens (tertiary/aromatic N) is 1. The minimum atomic E-state index is -0.951. The van der Waals surface area contributed by atoms with Crippen molar-refractivity contribution in [3.05, 3.63) is 58.9 Å². The standard InChI is InChI=1S/C17H12BClFNO2/c18-12-2-4-15-10(6-12)5-11(8-16(22)23)17(21-15)9-1-3-14(20)13(19)7-9/h1-7H,8,18H2,(H,22,23). The summed E-state index contributed by atoms with van der Waals surface area (Å²) in [5.74, 6) is -1.47. The maximum Gasteiger partial charge on any atom is 0.307 e. The van der Waals surface area contributed by atoms with E-state index in [1.165, 1.54) is 12.1 Å². The van der Waals surface area contributed by atoms with Crippen LogP contribution in [0, 0.1) is 5.82 Å². The van der Waals surface area contributed by atoms with Crippen LogP contribution in [0.1, 0.15) is 5.56 Å². The number of aromatic nitrogens is 1. The van der Waals surface area contributed by atoms with Crippen LogP contribution in [0.5, 0.6) is 0 Å². The highest BCUT2D eigenvalue weighted by Crippen LogP contribution is 2.29. The number of fused-ring (bicyclic) bond motifs is 1. The normalized spacial score (nSPS) is 10.9. The molecule has 0 bridgehead atoms. The molecule has 114 valence electrons. The highest BCUT2D eigenvalue weighted by molar-refractivity contribution is 6.33. The molecule has 23 heavy (non-hydrogen) atoms. The maximum atomic E-state index is 13.4. The highest BCUT2D eigenvalue weighted by Gasteiger charge is 2.14. The molecule has 0 spiro atoms. The van der Waals surface area contributed by atoms with Crippen LogP contribution >= 0.6 is 11.6 Å². The summed E-state index contributed by atoms with van der Waals surface area (Å²) in [7, 11) is 1.96. The molecule has 1 N–H and O–H groups in total. The molecule has 1 aromatic heterocycles. The van der Waals surface area contributed by atoms with Crippen molar-refractivity contribution >= 4 is 41.8 Å². The van der Waals surface area contributed by atoms with Crippen LogP contribution in [-0.4, -0.2) is 23.9 Å². The van der Waals surface area contributed by atoms with E-state index >= 15 is 0 Å². The molecule has 6 heteroatoms. The predicted molar refractivity (Wildman–Crippen MR) is 91.7 cm³/mol. The molecule has 3 nitrogen and oxygen atoms in total. The first-order chi connectivity index (χ1) is 10.9. The number of rotatable bonds is 3. The van der Waals surface area contributed by atoms with Gasteiger partial charge in [-0.05, 0) is 41.3 Å². The van der Waals surface area contributed by atoms with Crippen molar-refractivity contribution in [3.63, 3.8) is 0 Å². The van der Waals surface area contributed by atoms with Gasteiger partial charge in [0.15, 0.2) is 0 Å². The molecule has 0 atom stereocenters. The zero-order valence-corrected chi connectivity index (χ0v) is 13.1. The van der Waals surface area contributed by atoms with E-state index < -0.39 is 11.8 Å². The molecule has 2 aromatic carbocycles. The van der Waals surface area contributed by atoms with Crippen molar-refractivity contribution in [2.75, 3.05) is 0 Å². The molecule has 0 aliphatic rings. The largest absolute Gasteiger partial charge is 0.481 e. The first-order valence-electron chi connectivity index (χ1n) is 7.01. The van der Waals surface area contributed by atoms with Crippen LogP contribution in [0.15, 0.2) is 42.5 Å². The van der Waals surface area contributed by atoms with Gasteiger partial charge in [-0.2, -0.15) is 0 Å². The third-order valence-electron chi connectivity index (χ3n) is 3.58. The number of hydrogen-bond donors (Lipinski definition) is 1.